The molecule has 0 amide bonds. The van der Waals surface area contributed by atoms with Crippen LogP contribution < -0.4 is 5.32 Å². The van der Waals surface area contributed by atoms with E-state index in [2.05, 4.69) is 31.2 Å². The molecule has 0 aromatic carbocycles. The largest absolute Gasteiger partial charge is 0.335 e. The van der Waals surface area contributed by atoms with Gasteiger partial charge in [0.25, 0.3) is 0 Å². The predicted octanol–water partition coefficient (Wildman–Crippen LogP) is 1.66. The molecule has 0 unspecified atom stereocenters. The maximum atomic E-state index is 4.27. The molecule has 2 heterocycles. The number of hydrogen-bond donors (Lipinski definition) is 2. The fourth-order valence-electron chi connectivity index (χ4n) is 1.18. The Bertz CT molecular complexity index is 227. The normalized spacial score (nSPS) is 14.1. The Morgan fingerprint density at radius 2 is 2.08 bits per heavy atom. The SMILES string of the molecule is Brc1nc2c([nH]1)CNCC2.Cl.Cl. The topological polar surface area (TPSA) is 40.7 Å². The van der Waals surface area contributed by atoms with Crippen LogP contribution in [0.3, 0.4) is 0 Å². The third-order valence-corrected chi connectivity index (χ3v) is 2.05. The first-order valence-corrected chi connectivity index (χ1v) is 4.09. The molecule has 0 aliphatic carbocycles. The van der Waals surface area contributed by atoms with Crippen LogP contribution in [0.1, 0.15) is 11.4 Å². The smallest absolute Gasteiger partial charge is 0.174 e. The Morgan fingerprint density at radius 3 is 2.75 bits per heavy atom. The first-order chi connectivity index (χ1) is 4.86. The lowest BCUT2D eigenvalue weighted by atomic mass is 10.2. The molecule has 0 saturated carbocycles. The molecule has 0 spiro atoms. The number of imidazole rings is 1. The van der Waals surface area contributed by atoms with Crippen LogP contribution in [-0.2, 0) is 13.0 Å². The van der Waals surface area contributed by atoms with Crippen LogP contribution in [0.25, 0.3) is 0 Å². The summed E-state index contributed by atoms with van der Waals surface area (Å²) in [6.45, 7) is 1.97. The van der Waals surface area contributed by atoms with E-state index in [4.69, 9.17) is 0 Å². The summed E-state index contributed by atoms with van der Waals surface area (Å²) in [5.74, 6) is 0. The van der Waals surface area contributed by atoms with Gasteiger partial charge in [-0.2, -0.15) is 0 Å². The van der Waals surface area contributed by atoms with Crippen molar-refractivity contribution in [3.8, 4) is 0 Å². The Morgan fingerprint density at radius 1 is 1.33 bits per heavy atom. The van der Waals surface area contributed by atoms with Crippen LogP contribution in [0.4, 0.5) is 0 Å². The fraction of sp³-hybridized carbons (Fsp3) is 0.500. The van der Waals surface area contributed by atoms with Crippen LogP contribution in [-0.4, -0.2) is 16.5 Å². The first-order valence-electron chi connectivity index (χ1n) is 3.30. The Labute approximate surface area is 91.7 Å². The van der Waals surface area contributed by atoms with E-state index in [0.29, 0.717) is 0 Å². The van der Waals surface area contributed by atoms with Gasteiger partial charge in [-0.1, -0.05) is 0 Å². The van der Waals surface area contributed by atoms with Crippen molar-refractivity contribution in [3.05, 3.63) is 16.1 Å². The highest BCUT2D eigenvalue weighted by atomic mass is 79.9. The van der Waals surface area contributed by atoms with Crippen molar-refractivity contribution < 1.29 is 0 Å². The number of hydrogen-bond acceptors (Lipinski definition) is 2. The number of fused-ring (bicyclic) bond motifs is 1. The molecular weight excluding hydrogens is 265 g/mol. The second-order valence-electron chi connectivity index (χ2n) is 2.38. The number of rotatable bonds is 0. The van der Waals surface area contributed by atoms with Gasteiger partial charge in [0.2, 0.25) is 0 Å². The number of nitrogens with one attached hydrogen (secondary N) is 2. The Hall–Kier alpha value is 0.230. The predicted molar refractivity (Wildman–Crippen MR) is 56.2 cm³/mol. The minimum absolute atomic E-state index is 0. The lowest BCUT2D eigenvalue weighted by Crippen LogP contribution is -2.23. The first kappa shape index (κ1) is 12.2. The van der Waals surface area contributed by atoms with Crippen molar-refractivity contribution in [1.29, 1.82) is 0 Å². The zero-order valence-electron chi connectivity index (χ0n) is 6.26. The highest BCUT2D eigenvalue weighted by molar-refractivity contribution is 9.10. The standard InChI is InChI=1S/C6H8BrN3.2ClH/c7-6-9-4-1-2-8-3-5(4)10-6;;/h8H,1-3H2,(H,9,10);2*1H. The number of halogens is 3. The summed E-state index contributed by atoms with van der Waals surface area (Å²) in [6.07, 6.45) is 1.04. The molecule has 0 bridgehead atoms. The monoisotopic (exact) mass is 273 g/mol. The molecule has 0 fully saturated rings. The molecule has 3 nitrogen and oxygen atoms in total. The average molecular weight is 275 g/mol. The van der Waals surface area contributed by atoms with E-state index in [0.717, 1.165) is 24.2 Å². The van der Waals surface area contributed by atoms with Crippen LogP contribution in [0.15, 0.2) is 4.73 Å². The maximum Gasteiger partial charge on any atom is 0.174 e. The molecule has 12 heavy (non-hydrogen) atoms. The number of H-pyrrole nitrogens is 1. The van der Waals surface area contributed by atoms with Crippen LogP contribution in [0.2, 0.25) is 0 Å². The van der Waals surface area contributed by atoms with Crippen molar-refractivity contribution in [2.24, 2.45) is 0 Å². The summed E-state index contributed by atoms with van der Waals surface area (Å²) in [6, 6.07) is 0. The van der Waals surface area contributed by atoms with E-state index in [1.807, 2.05) is 0 Å². The number of nitrogens with zero attached hydrogens (tertiary/aromatic N) is 1. The molecule has 1 aliphatic heterocycles. The molecule has 70 valence electrons. The molecule has 1 aliphatic rings. The highest BCUT2D eigenvalue weighted by Crippen LogP contribution is 2.13. The quantitative estimate of drug-likeness (QED) is 0.756. The molecule has 0 atom stereocenters. The molecule has 2 rings (SSSR count). The zero-order chi connectivity index (χ0) is 6.97. The Balaban J connectivity index is 0.000000605. The van der Waals surface area contributed by atoms with Gasteiger partial charge in [-0.15, -0.1) is 24.8 Å². The number of aromatic amines is 1. The van der Waals surface area contributed by atoms with E-state index in [1.54, 1.807) is 0 Å². The molecule has 6 heteroatoms. The van der Waals surface area contributed by atoms with Crippen LogP contribution in [0, 0.1) is 0 Å². The molecule has 1 aromatic rings. The average Bonchev–Trinajstić information content (AvgIpc) is 2.27. The van der Waals surface area contributed by atoms with Crippen LogP contribution >= 0.6 is 40.7 Å². The van der Waals surface area contributed by atoms with Gasteiger partial charge in [0.1, 0.15) is 0 Å². The van der Waals surface area contributed by atoms with E-state index in [-0.39, 0.29) is 24.8 Å². The zero-order valence-corrected chi connectivity index (χ0v) is 9.48. The molecule has 0 saturated heterocycles. The molecule has 0 radical (unpaired) electrons. The number of aromatic nitrogens is 2. The fourth-order valence-corrected chi connectivity index (χ4v) is 1.64. The summed E-state index contributed by atoms with van der Waals surface area (Å²) < 4.78 is 0.848. The van der Waals surface area contributed by atoms with Gasteiger partial charge in [0, 0.05) is 19.5 Å². The van der Waals surface area contributed by atoms with Crippen molar-refractivity contribution in [1.82, 2.24) is 15.3 Å². The summed E-state index contributed by atoms with van der Waals surface area (Å²) in [4.78, 5) is 7.41. The lowest BCUT2D eigenvalue weighted by Gasteiger charge is -2.09. The van der Waals surface area contributed by atoms with E-state index >= 15 is 0 Å². The van der Waals surface area contributed by atoms with Gasteiger partial charge < -0.3 is 10.3 Å². The highest BCUT2D eigenvalue weighted by Gasteiger charge is 2.11. The maximum absolute atomic E-state index is 4.27. The van der Waals surface area contributed by atoms with Crippen molar-refractivity contribution in [3.63, 3.8) is 0 Å². The van der Waals surface area contributed by atoms with E-state index < -0.39 is 0 Å². The minimum atomic E-state index is 0. The minimum Gasteiger partial charge on any atom is -0.335 e. The second kappa shape index (κ2) is 5.07. The third kappa shape index (κ3) is 2.36. The van der Waals surface area contributed by atoms with Gasteiger partial charge in [0.15, 0.2) is 4.73 Å². The summed E-state index contributed by atoms with van der Waals surface area (Å²) in [5.41, 5.74) is 2.42. The summed E-state index contributed by atoms with van der Waals surface area (Å²) in [5, 5.41) is 3.26. The van der Waals surface area contributed by atoms with Crippen molar-refractivity contribution in [2.45, 2.75) is 13.0 Å². The van der Waals surface area contributed by atoms with Crippen LogP contribution in [0.5, 0.6) is 0 Å². The van der Waals surface area contributed by atoms with Crippen molar-refractivity contribution in [2.75, 3.05) is 6.54 Å². The van der Waals surface area contributed by atoms with Gasteiger partial charge in [-0.05, 0) is 15.9 Å². The van der Waals surface area contributed by atoms with E-state index in [9.17, 15) is 0 Å². The van der Waals surface area contributed by atoms with Gasteiger partial charge >= 0.3 is 0 Å². The summed E-state index contributed by atoms with van der Waals surface area (Å²) in [7, 11) is 0. The third-order valence-electron chi connectivity index (χ3n) is 1.68. The van der Waals surface area contributed by atoms with Crippen molar-refractivity contribution >= 4 is 40.7 Å². The second-order valence-corrected chi connectivity index (χ2v) is 3.13. The van der Waals surface area contributed by atoms with Gasteiger partial charge in [0.05, 0.1) is 11.4 Å². The van der Waals surface area contributed by atoms with Gasteiger partial charge in [-0.25, -0.2) is 4.98 Å². The molecular formula is C6H10BrCl2N3. The summed E-state index contributed by atoms with van der Waals surface area (Å²) >= 11 is 3.30. The Kier molecular flexibility index (Phi) is 5.16. The lowest BCUT2D eigenvalue weighted by molar-refractivity contribution is 0.627. The molecule has 2 N–H and O–H groups in total. The van der Waals surface area contributed by atoms with E-state index in [1.165, 1.54) is 11.4 Å². The van der Waals surface area contributed by atoms with Gasteiger partial charge in [-0.3, -0.25) is 0 Å². The molecule has 1 aromatic heterocycles.